The van der Waals surface area contributed by atoms with E-state index in [1.165, 1.54) is 22.9 Å². The highest BCUT2D eigenvalue weighted by Gasteiger charge is 2.31. The van der Waals surface area contributed by atoms with E-state index < -0.39 is 17.0 Å². The summed E-state index contributed by atoms with van der Waals surface area (Å²) in [5, 5.41) is 14.1. The van der Waals surface area contributed by atoms with Gasteiger partial charge >= 0.3 is 0 Å². The summed E-state index contributed by atoms with van der Waals surface area (Å²) < 4.78 is 14.6. The van der Waals surface area contributed by atoms with Gasteiger partial charge in [-0.3, -0.25) is 14.2 Å². The molecule has 0 spiro atoms. The second-order valence-electron chi connectivity index (χ2n) is 8.19. The van der Waals surface area contributed by atoms with Crippen LogP contribution in [0.15, 0.2) is 47.4 Å². The zero-order valence-electron chi connectivity index (χ0n) is 16.8. The van der Waals surface area contributed by atoms with Crippen molar-refractivity contribution in [3.63, 3.8) is 0 Å². The lowest BCUT2D eigenvalue weighted by molar-refractivity contribution is 0.0878. The molecule has 1 aromatic carbocycles. The molecule has 0 unspecified atom stereocenters. The Bertz CT molecular complexity index is 1150. The van der Waals surface area contributed by atoms with Crippen molar-refractivity contribution in [3.05, 3.63) is 69.9 Å². The van der Waals surface area contributed by atoms with Gasteiger partial charge in [0.2, 0.25) is 0 Å². The number of aromatic nitrogens is 2. The average Bonchev–Trinajstić information content (AvgIpc) is 2.73. The third-order valence-electron chi connectivity index (χ3n) is 5.85. The molecule has 2 aromatic heterocycles. The van der Waals surface area contributed by atoms with Crippen molar-refractivity contribution in [1.82, 2.24) is 14.9 Å². The molecule has 0 bridgehead atoms. The van der Waals surface area contributed by atoms with E-state index in [4.69, 9.17) is 0 Å². The zero-order valence-corrected chi connectivity index (χ0v) is 16.8. The van der Waals surface area contributed by atoms with Crippen LogP contribution in [0, 0.1) is 5.82 Å². The third-order valence-corrected chi connectivity index (χ3v) is 5.85. The largest absolute Gasteiger partial charge is 0.506 e. The van der Waals surface area contributed by atoms with Gasteiger partial charge in [-0.15, -0.1) is 0 Å². The molecule has 1 fully saturated rings. The van der Waals surface area contributed by atoms with E-state index >= 15 is 0 Å². The van der Waals surface area contributed by atoms with Gasteiger partial charge in [-0.1, -0.05) is 31.4 Å². The van der Waals surface area contributed by atoms with Gasteiger partial charge in [-0.2, -0.15) is 0 Å². The van der Waals surface area contributed by atoms with Crippen LogP contribution in [-0.4, -0.2) is 26.1 Å². The van der Waals surface area contributed by atoms with E-state index in [2.05, 4.69) is 10.3 Å². The smallest absolute Gasteiger partial charge is 0.269 e. The number of rotatable bonds is 4. The lowest BCUT2D eigenvalue weighted by Crippen LogP contribution is -2.48. The maximum Gasteiger partial charge on any atom is 0.269 e. The Morgan fingerprint density at radius 2 is 1.90 bits per heavy atom. The number of hydrogen-bond acceptors (Lipinski definition) is 4. The van der Waals surface area contributed by atoms with Crippen molar-refractivity contribution in [3.8, 4) is 5.75 Å². The minimum absolute atomic E-state index is 0.102. The number of nitrogens with one attached hydrogen (secondary N) is 1. The van der Waals surface area contributed by atoms with Gasteiger partial charge in [0, 0.05) is 11.7 Å². The maximum atomic E-state index is 13.3. The van der Waals surface area contributed by atoms with Crippen molar-refractivity contribution < 1.29 is 14.3 Å². The first kappa shape index (κ1) is 20.1. The minimum Gasteiger partial charge on any atom is -0.506 e. The van der Waals surface area contributed by atoms with Crippen LogP contribution >= 0.6 is 0 Å². The van der Waals surface area contributed by atoms with Crippen LogP contribution in [0.25, 0.3) is 11.0 Å². The normalized spacial score (nSPS) is 15.8. The summed E-state index contributed by atoms with van der Waals surface area (Å²) >= 11 is 0. The highest BCUT2D eigenvalue weighted by molar-refractivity contribution is 6.02. The Kier molecular flexibility index (Phi) is 5.28. The van der Waals surface area contributed by atoms with E-state index in [0.29, 0.717) is 10.9 Å². The lowest BCUT2D eigenvalue weighted by Gasteiger charge is -2.34. The molecule has 4 rings (SSSR count). The van der Waals surface area contributed by atoms with E-state index in [-0.39, 0.29) is 29.3 Å². The second-order valence-corrected chi connectivity index (χ2v) is 8.19. The van der Waals surface area contributed by atoms with Gasteiger partial charge in [-0.05, 0) is 49.6 Å². The summed E-state index contributed by atoms with van der Waals surface area (Å²) in [4.78, 5) is 30.6. The van der Waals surface area contributed by atoms with Crippen molar-refractivity contribution in [1.29, 1.82) is 0 Å². The molecular weight excluding hydrogens is 385 g/mol. The fourth-order valence-corrected chi connectivity index (χ4v) is 4.18. The predicted octanol–water partition coefficient (Wildman–Crippen LogP) is 3.74. The molecule has 156 valence electrons. The predicted molar refractivity (Wildman–Crippen MR) is 112 cm³/mol. The monoisotopic (exact) mass is 409 g/mol. The molecule has 0 aliphatic heterocycles. The summed E-state index contributed by atoms with van der Waals surface area (Å²) in [6.45, 7) is 2.07. The van der Waals surface area contributed by atoms with Crippen molar-refractivity contribution in [2.75, 3.05) is 0 Å². The molecule has 0 saturated heterocycles. The molecule has 0 radical (unpaired) electrons. The number of pyridine rings is 2. The van der Waals surface area contributed by atoms with Gasteiger partial charge in [0.25, 0.3) is 11.5 Å². The van der Waals surface area contributed by atoms with Crippen molar-refractivity contribution >= 4 is 16.9 Å². The van der Waals surface area contributed by atoms with Gasteiger partial charge in [0.15, 0.2) is 0 Å². The van der Waals surface area contributed by atoms with Crippen LogP contribution in [0.5, 0.6) is 5.75 Å². The molecule has 6 nitrogen and oxygen atoms in total. The van der Waals surface area contributed by atoms with Crippen LogP contribution in [0.1, 0.15) is 54.9 Å². The number of halogens is 1. The maximum absolute atomic E-state index is 13.3. The summed E-state index contributed by atoms with van der Waals surface area (Å²) in [5.74, 6) is -1.32. The molecule has 2 heterocycles. The van der Waals surface area contributed by atoms with E-state index in [1.54, 1.807) is 24.3 Å². The lowest BCUT2D eigenvalue weighted by atomic mass is 9.83. The zero-order chi connectivity index (χ0) is 21.3. The molecule has 7 heteroatoms. The molecule has 1 aliphatic carbocycles. The fourth-order valence-electron chi connectivity index (χ4n) is 4.18. The molecule has 3 aromatic rings. The van der Waals surface area contributed by atoms with Gasteiger partial charge in [0.05, 0.1) is 11.9 Å². The molecule has 1 amide bonds. The Labute approximate surface area is 173 Å². The number of aromatic hydroxyl groups is 1. The van der Waals surface area contributed by atoms with Crippen LogP contribution in [0.2, 0.25) is 0 Å². The highest BCUT2D eigenvalue weighted by atomic mass is 19.1. The first-order chi connectivity index (χ1) is 14.4. The summed E-state index contributed by atoms with van der Waals surface area (Å²) in [6, 6.07) is 9.04. The number of benzene rings is 1. The Morgan fingerprint density at radius 1 is 1.20 bits per heavy atom. The summed E-state index contributed by atoms with van der Waals surface area (Å²) in [7, 11) is 0. The Hall–Kier alpha value is -3.22. The van der Waals surface area contributed by atoms with Gasteiger partial charge in [0.1, 0.15) is 22.8 Å². The second kappa shape index (κ2) is 7.89. The Morgan fingerprint density at radius 3 is 2.60 bits per heavy atom. The summed E-state index contributed by atoms with van der Waals surface area (Å²) in [6.07, 6.45) is 6.34. The molecule has 2 N–H and O–H groups in total. The molecule has 1 saturated carbocycles. The highest BCUT2D eigenvalue weighted by Crippen LogP contribution is 2.30. The number of carbonyl (C=O) groups is 1. The quantitative estimate of drug-likeness (QED) is 0.688. The van der Waals surface area contributed by atoms with Gasteiger partial charge < -0.3 is 10.4 Å². The van der Waals surface area contributed by atoms with E-state index in [1.807, 2.05) is 6.92 Å². The topological polar surface area (TPSA) is 84.2 Å². The Balaban J connectivity index is 1.80. The average molecular weight is 409 g/mol. The van der Waals surface area contributed by atoms with Crippen LogP contribution in [-0.2, 0) is 6.54 Å². The number of hydrogen-bond donors (Lipinski definition) is 2. The minimum atomic E-state index is -0.625. The first-order valence-electron chi connectivity index (χ1n) is 10.2. The SMILES string of the molecule is CC1(NC(=O)c2c(O)c3cccnc3n(Cc3ccc(F)cc3)c2=O)CCCCC1. The molecule has 0 atom stereocenters. The standard InChI is InChI=1S/C23H24FN3O3/c1-23(11-3-2-4-12-23)26-21(29)18-19(28)17-6-5-13-25-20(17)27(22(18)30)14-15-7-9-16(24)10-8-15/h5-10,13,28H,2-4,11-12,14H2,1H3,(H,26,29). The first-order valence-corrected chi connectivity index (χ1v) is 10.2. The number of carbonyl (C=O) groups excluding carboxylic acids is 1. The number of nitrogens with zero attached hydrogens (tertiary/aromatic N) is 2. The van der Waals surface area contributed by atoms with E-state index in [9.17, 15) is 19.1 Å². The van der Waals surface area contributed by atoms with Crippen molar-refractivity contribution in [2.45, 2.75) is 51.1 Å². The van der Waals surface area contributed by atoms with Crippen molar-refractivity contribution in [2.24, 2.45) is 0 Å². The fraction of sp³-hybridized carbons (Fsp3) is 0.348. The number of fused-ring (bicyclic) bond motifs is 1. The summed E-state index contributed by atoms with van der Waals surface area (Å²) in [5.41, 5.74) is -0.365. The van der Waals surface area contributed by atoms with Crippen LogP contribution < -0.4 is 10.9 Å². The van der Waals surface area contributed by atoms with E-state index in [0.717, 1.165) is 32.1 Å². The van der Waals surface area contributed by atoms with Gasteiger partial charge in [-0.25, -0.2) is 9.37 Å². The van der Waals surface area contributed by atoms with Crippen LogP contribution in [0.3, 0.4) is 0 Å². The molecule has 1 aliphatic rings. The third kappa shape index (κ3) is 3.79. The molecule has 30 heavy (non-hydrogen) atoms. The van der Waals surface area contributed by atoms with Crippen LogP contribution in [0.4, 0.5) is 4.39 Å². The molecular formula is C23H24FN3O3. The number of amides is 1.